The van der Waals surface area contributed by atoms with Crippen LogP contribution in [0.1, 0.15) is 30.9 Å². The van der Waals surface area contributed by atoms with Crippen LogP contribution in [0.2, 0.25) is 0 Å². The molecule has 0 saturated heterocycles. The van der Waals surface area contributed by atoms with Crippen molar-refractivity contribution >= 4 is 0 Å². The molecule has 0 saturated carbocycles. The Hall–Kier alpha value is -1.03. The van der Waals surface area contributed by atoms with E-state index in [0.717, 1.165) is 0 Å². The van der Waals surface area contributed by atoms with Gasteiger partial charge in [-0.15, -0.1) is 0 Å². The van der Waals surface area contributed by atoms with Gasteiger partial charge in [0.15, 0.2) is 17.3 Å². The van der Waals surface area contributed by atoms with E-state index in [1.165, 1.54) is 19.1 Å². The van der Waals surface area contributed by atoms with Gasteiger partial charge in [-0.1, -0.05) is 25.5 Å². The van der Waals surface area contributed by atoms with Crippen molar-refractivity contribution in [3.05, 3.63) is 34.9 Å². The molecule has 0 spiro atoms. The van der Waals surface area contributed by atoms with Crippen molar-refractivity contribution in [3.63, 3.8) is 0 Å². The lowest BCUT2D eigenvalue weighted by atomic mass is 9.90. The second kappa shape index (κ2) is 4.87. The SMILES string of the molecule is CCCC(F)(CN)c1ccc(C)c(F)c1F. The third-order valence-electron chi connectivity index (χ3n) is 2.73. The fraction of sp³-hybridized carbons (Fsp3) is 0.500. The highest BCUT2D eigenvalue weighted by Crippen LogP contribution is 2.33. The number of alkyl halides is 1. The molecule has 0 aromatic heterocycles. The summed E-state index contributed by atoms with van der Waals surface area (Å²) in [4.78, 5) is 0. The maximum atomic E-state index is 14.3. The van der Waals surface area contributed by atoms with E-state index < -0.39 is 17.3 Å². The minimum absolute atomic E-state index is 0.0862. The molecule has 0 aliphatic rings. The van der Waals surface area contributed by atoms with Crippen LogP contribution in [0, 0.1) is 18.6 Å². The van der Waals surface area contributed by atoms with E-state index in [0.29, 0.717) is 6.42 Å². The fourth-order valence-electron chi connectivity index (χ4n) is 1.73. The molecule has 1 unspecified atom stereocenters. The quantitative estimate of drug-likeness (QED) is 0.846. The van der Waals surface area contributed by atoms with Crippen LogP contribution in [0.25, 0.3) is 0 Å². The molecule has 4 heteroatoms. The lowest BCUT2D eigenvalue weighted by Crippen LogP contribution is -2.31. The maximum absolute atomic E-state index is 14.3. The van der Waals surface area contributed by atoms with Crippen LogP contribution in [0.5, 0.6) is 0 Å². The zero-order valence-corrected chi connectivity index (χ0v) is 9.49. The number of benzene rings is 1. The van der Waals surface area contributed by atoms with Crippen LogP contribution in [0.3, 0.4) is 0 Å². The summed E-state index contributed by atoms with van der Waals surface area (Å²) < 4.78 is 41.2. The molecule has 2 N–H and O–H groups in total. The topological polar surface area (TPSA) is 26.0 Å². The second-order valence-electron chi connectivity index (χ2n) is 3.98. The standard InChI is InChI=1S/C12H16F3N/c1-3-6-12(15,7-16)9-5-4-8(2)10(13)11(9)14/h4-5H,3,6-7,16H2,1-2H3. The van der Waals surface area contributed by atoms with Crippen LogP contribution < -0.4 is 5.73 Å². The molecule has 0 radical (unpaired) electrons. The number of aryl methyl sites for hydroxylation is 1. The first kappa shape index (κ1) is 13.0. The summed E-state index contributed by atoms with van der Waals surface area (Å²) in [6, 6.07) is 2.64. The number of rotatable bonds is 4. The zero-order chi connectivity index (χ0) is 12.3. The molecule has 1 rings (SSSR count). The lowest BCUT2D eigenvalue weighted by Gasteiger charge is -2.24. The first-order valence-corrected chi connectivity index (χ1v) is 5.30. The van der Waals surface area contributed by atoms with Gasteiger partial charge < -0.3 is 5.73 Å². The van der Waals surface area contributed by atoms with Gasteiger partial charge in [0, 0.05) is 12.1 Å². The fourth-order valence-corrected chi connectivity index (χ4v) is 1.73. The van der Waals surface area contributed by atoms with Crippen molar-refractivity contribution < 1.29 is 13.2 Å². The highest BCUT2D eigenvalue weighted by molar-refractivity contribution is 5.30. The third-order valence-corrected chi connectivity index (χ3v) is 2.73. The molecule has 90 valence electrons. The van der Waals surface area contributed by atoms with Crippen molar-refractivity contribution in [1.29, 1.82) is 0 Å². The predicted molar refractivity (Wildman–Crippen MR) is 57.8 cm³/mol. The van der Waals surface area contributed by atoms with Crippen LogP contribution >= 0.6 is 0 Å². The van der Waals surface area contributed by atoms with Crippen LogP contribution in [-0.4, -0.2) is 6.54 Å². The number of halogens is 3. The van der Waals surface area contributed by atoms with Crippen LogP contribution in [0.4, 0.5) is 13.2 Å². The van der Waals surface area contributed by atoms with Crippen molar-refractivity contribution in [2.24, 2.45) is 5.73 Å². The van der Waals surface area contributed by atoms with Crippen molar-refractivity contribution in [1.82, 2.24) is 0 Å². The summed E-state index contributed by atoms with van der Waals surface area (Å²) in [5.74, 6) is -2.12. The molecule has 0 amide bonds. The summed E-state index contributed by atoms with van der Waals surface area (Å²) in [6.07, 6.45) is 0.603. The predicted octanol–water partition coefficient (Wildman–Crippen LogP) is 3.20. The first-order valence-electron chi connectivity index (χ1n) is 5.30. The molecule has 16 heavy (non-hydrogen) atoms. The minimum atomic E-state index is -1.98. The van der Waals surface area contributed by atoms with Gasteiger partial charge in [-0.2, -0.15) is 0 Å². The van der Waals surface area contributed by atoms with E-state index in [1.807, 2.05) is 0 Å². The third kappa shape index (κ3) is 2.21. The van der Waals surface area contributed by atoms with Crippen LogP contribution in [0.15, 0.2) is 12.1 Å². The Morgan fingerprint density at radius 2 is 1.88 bits per heavy atom. The van der Waals surface area contributed by atoms with E-state index in [9.17, 15) is 13.2 Å². The molecule has 0 fully saturated rings. The van der Waals surface area contributed by atoms with Crippen molar-refractivity contribution in [2.45, 2.75) is 32.4 Å². The van der Waals surface area contributed by atoms with Gasteiger partial charge in [0.05, 0.1) is 0 Å². The van der Waals surface area contributed by atoms with Crippen LogP contribution in [-0.2, 0) is 5.67 Å². The average Bonchev–Trinajstić information content (AvgIpc) is 2.26. The second-order valence-corrected chi connectivity index (χ2v) is 3.98. The summed E-state index contributed by atoms with van der Waals surface area (Å²) in [6.45, 7) is 2.86. The van der Waals surface area contributed by atoms with Gasteiger partial charge in [-0.05, 0) is 18.9 Å². The Bertz CT molecular complexity index is 379. The minimum Gasteiger partial charge on any atom is -0.327 e. The number of hydrogen-bond acceptors (Lipinski definition) is 1. The van der Waals surface area contributed by atoms with Gasteiger partial charge in [-0.25, -0.2) is 13.2 Å². The van der Waals surface area contributed by atoms with Gasteiger partial charge in [-0.3, -0.25) is 0 Å². The molecular formula is C12H16F3N. The van der Waals surface area contributed by atoms with Gasteiger partial charge in [0.1, 0.15) is 0 Å². The van der Waals surface area contributed by atoms with Gasteiger partial charge in [0.2, 0.25) is 0 Å². The van der Waals surface area contributed by atoms with Gasteiger partial charge in [0.25, 0.3) is 0 Å². The highest BCUT2D eigenvalue weighted by atomic mass is 19.2. The van der Waals surface area contributed by atoms with Crippen molar-refractivity contribution in [2.75, 3.05) is 6.54 Å². The smallest absolute Gasteiger partial charge is 0.165 e. The first-order chi connectivity index (χ1) is 7.46. The van der Waals surface area contributed by atoms with E-state index in [-0.39, 0.29) is 24.1 Å². The molecular weight excluding hydrogens is 215 g/mol. The Kier molecular flexibility index (Phi) is 3.97. The molecule has 0 aliphatic carbocycles. The largest absolute Gasteiger partial charge is 0.327 e. The molecule has 0 bridgehead atoms. The molecule has 1 aromatic rings. The zero-order valence-electron chi connectivity index (χ0n) is 9.49. The lowest BCUT2D eigenvalue weighted by molar-refractivity contribution is 0.152. The molecule has 1 aromatic carbocycles. The Labute approximate surface area is 93.5 Å². The van der Waals surface area contributed by atoms with E-state index in [4.69, 9.17) is 5.73 Å². The van der Waals surface area contributed by atoms with E-state index >= 15 is 0 Å². The van der Waals surface area contributed by atoms with E-state index in [1.54, 1.807) is 6.92 Å². The molecule has 0 heterocycles. The summed E-state index contributed by atoms with van der Waals surface area (Å²) >= 11 is 0. The summed E-state index contributed by atoms with van der Waals surface area (Å²) in [5, 5.41) is 0. The summed E-state index contributed by atoms with van der Waals surface area (Å²) in [7, 11) is 0. The van der Waals surface area contributed by atoms with E-state index in [2.05, 4.69) is 0 Å². The Morgan fingerprint density at radius 1 is 1.25 bits per heavy atom. The number of hydrogen-bond donors (Lipinski definition) is 1. The van der Waals surface area contributed by atoms with Crippen molar-refractivity contribution in [3.8, 4) is 0 Å². The van der Waals surface area contributed by atoms with Gasteiger partial charge >= 0.3 is 0 Å². The average molecular weight is 231 g/mol. The molecule has 1 nitrogen and oxygen atoms in total. The monoisotopic (exact) mass is 231 g/mol. The number of nitrogens with two attached hydrogens (primary N) is 1. The normalized spacial score (nSPS) is 14.9. The Morgan fingerprint density at radius 3 is 2.38 bits per heavy atom. The molecule has 0 aliphatic heterocycles. The maximum Gasteiger partial charge on any atom is 0.165 e. The molecule has 1 atom stereocenters. The Balaban J connectivity index is 3.26. The summed E-state index contributed by atoms with van der Waals surface area (Å²) in [5.41, 5.74) is 3.23. The highest BCUT2D eigenvalue weighted by Gasteiger charge is 2.33.